The van der Waals surface area contributed by atoms with Gasteiger partial charge >= 0.3 is 12.3 Å². The van der Waals surface area contributed by atoms with E-state index in [1.165, 1.54) is 12.1 Å². The molecule has 1 aliphatic carbocycles. The molecule has 1 aliphatic rings. The van der Waals surface area contributed by atoms with Crippen LogP contribution < -0.4 is 5.32 Å². The minimum atomic E-state index is -4.34. The Labute approximate surface area is 156 Å². The summed E-state index contributed by atoms with van der Waals surface area (Å²) < 4.78 is 43.4. The van der Waals surface area contributed by atoms with Crippen molar-refractivity contribution >= 4 is 6.09 Å². The zero-order valence-corrected chi connectivity index (χ0v) is 15.5. The van der Waals surface area contributed by atoms with Gasteiger partial charge in [-0.1, -0.05) is 36.4 Å². The van der Waals surface area contributed by atoms with Crippen LogP contribution in [0.15, 0.2) is 48.5 Å². The molecular formula is C21H22F3NO2. The van der Waals surface area contributed by atoms with Gasteiger partial charge in [0.2, 0.25) is 0 Å². The lowest BCUT2D eigenvalue weighted by molar-refractivity contribution is -0.137. The van der Waals surface area contributed by atoms with E-state index in [0.717, 1.165) is 36.1 Å². The Hall–Kier alpha value is -2.50. The first-order valence-electron chi connectivity index (χ1n) is 8.78. The van der Waals surface area contributed by atoms with Crippen LogP contribution in [-0.2, 0) is 16.5 Å². The Kier molecular flexibility index (Phi) is 4.70. The SMILES string of the molecule is CC(C)(C)OC(=O)NC1(c2ccc(-c3ccc(C(F)(F)F)cc3)cc2)CC1. The Balaban J connectivity index is 1.73. The first-order valence-corrected chi connectivity index (χ1v) is 8.78. The summed E-state index contributed by atoms with van der Waals surface area (Å²) in [5.41, 5.74) is 0.846. The molecule has 27 heavy (non-hydrogen) atoms. The monoisotopic (exact) mass is 377 g/mol. The second-order valence-corrected chi connectivity index (χ2v) is 7.86. The van der Waals surface area contributed by atoms with Gasteiger partial charge < -0.3 is 10.1 Å². The van der Waals surface area contributed by atoms with E-state index >= 15 is 0 Å². The Morgan fingerprint density at radius 3 is 1.81 bits per heavy atom. The molecule has 0 unspecified atom stereocenters. The maximum Gasteiger partial charge on any atom is 0.416 e. The van der Waals surface area contributed by atoms with Crippen molar-refractivity contribution in [2.45, 2.75) is 50.9 Å². The van der Waals surface area contributed by atoms with E-state index in [4.69, 9.17) is 4.74 Å². The molecule has 3 rings (SSSR count). The number of ether oxygens (including phenoxy) is 1. The van der Waals surface area contributed by atoms with Gasteiger partial charge in [0.1, 0.15) is 5.60 Å². The van der Waals surface area contributed by atoms with Gasteiger partial charge in [-0.25, -0.2) is 4.79 Å². The molecule has 0 saturated heterocycles. The van der Waals surface area contributed by atoms with E-state index in [1.807, 2.05) is 45.0 Å². The fraction of sp³-hybridized carbons (Fsp3) is 0.381. The Bertz CT molecular complexity index is 814. The number of alkyl carbamates (subject to hydrolysis) is 1. The molecule has 1 fully saturated rings. The van der Waals surface area contributed by atoms with E-state index in [1.54, 1.807) is 0 Å². The van der Waals surface area contributed by atoms with Gasteiger partial charge in [0.25, 0.3) is 0 Å². The maximum absolute atomic E-state index is 12.7. The van der Waals surface area contributed by atoms with Crippen molar-refractivity contribution in [2.24, 2.45) is 0 Å². The third-order valence-electron chi connectivity index (χ3n) is 4.47. The average molecular weight is 377 g/mol. The van der Waals surface area contributed by atoms with E-state index in [-0.39, 0.29) is 0 Å². The van der Waals surface area contributed by atoms with Crippen LogP contribution in [0.4, 0.5) is 18.0 Å². The number of rotatable bonds is 3. The van der Waals surface area contributed by atoms with Crippen LogP contribution in [0.1, 0.15) is 44.7 Å². The van der Waals surface area contributed by atoms with E-state index in [9.17, 15) is 18.0 Å². The number of amides is 1. The molecule has 0 bridgehead atoms. The summed E-state index contributed by atoms with van der Waals surface area (Å²) in [6.07, 6.45) is -3.14. The predicted molar refractivity (Wildman–Crippen MR) is 97.2 cm³/mol. The second kappa shape index (κ2) is 6.59. The smallest absolute Gasteiger partial charge is 0.416 e. The van der Waals surface area contributed by atoms with Crippen molar-refractivity contribution in [1.82, 2.24) is 5.32 Å². The van der Waals surface area contributed by atoms with Crippen LogP contribution in [0.25, 0.3) is 11.1 Å². The standard InChI is InChI=1S/C21H22F3NO2/c1-19(2,3)27-18(26)25-20(12-13-20)16-8-4-14(5-9-16)15-6-10-17(11-7-15)21(22,23)24/h4-11H,12-13H2,1-3H3,(H,25,26). The highest BCUT2D eigenvalue weighted by atomic mass is 19.4. The number of carbonyl (C=O) groups is 1. The highest BCUT2D eigenvalue weighted by Crippen LogP contribution is 2.46. The molecule has 6 heteroatoms. The maximum atomic E-state index is 12.7. The van der Waals surface area contributed by atoms with Crippen LogP contribution in [0.2, 0.25) is 0 Å². The molecule has 1 saturated carbocycles. The number of alkyl halides is 3. The molecule has 2 aromatic carbocycles. The highest BCUT2D eigenvalue weighted by molar-refractivity contribution is 5.70. The van der Waals surface area contributed by atoms with Crippen molar-refractivity contribution in [3.63, 3.8) is 0 Å². The van der Waals surface area contributed by atoms with Gasteiger partial charge in [0.05, 0.1) is 11.1 Å². The topological polar surface area (TPSA) is 38.3 Å². The van der Waals surface area contributed by atoms with Gasteiger partial charge in [-0.15, -0.1) is 0 Å². The minimum Gasteiger partial charge on any atom is -0.444 e. The Morgan fingerprint density at radius 2 is 1.41 bits per heavy atom. The Morgan fingerprint density at radius 1 is 0.926 bits per heavy atom. The second-order valence-electron chi connectivity index (χ2n) is 7.86. The molecule has 0 radical (unpaired) electrons. The highest BCUT2D eigenvalue weighted by Gasteiger charge is 2.46. The van der Waals surface area contributed by atoms with Crippen LogP contribution in [-0.4, -0.2) is 11.7 Å². The number of hydrogen-bond acceptors (Lipinski definition) is 2. The number of carbonyl (C=O) groups excluding carboxylic acids is 1. The van der Waals surface area contributed by atoms with Crippen LogP contribution in [0.5, 0.6) is 0 Å². The van der Waals surface area contributed by atoms with Crippen LogP contribution in [0, 0.1) is 0 Å². The zero-order valence-electron chi connectivity index (χ0n) is 15.5. The number of hydrogen-bond donors (Lipinski definition) is 1. The van der Waals surface area contributed by atoms with Crippen LogP contribution in [0.3, 0.4) is 0 Å². The normalized spacial score (nSPS) is 15.9. The van der Waals surface area contributed by atoms with Crippen molar-refractivity contribution in [1.29, 1.82) is 0 Å². The third kappa shape index (κ3) is 4.62. The number of halogens is 3. The van der Waals surface area contributed by atoms with Gasteiger partial charge in [-0.3, -0.25) is 0 Å². The van der Waals surface area contributed by atoms with Gasteiger partial charge in [-0.2, -0.15) is 13.2 Å². The fourth-order valence-electron chi connectivity index (χ4n) is 2.94. The van der Waals surface area contributed by atoms with Crippen LogP contribution >= 0.6 is 0 Å². The summed E-state index contributed by atoms with van der Waals surface area (Å²) >= 11 is 0. The molecule has 0 aromatic heterocycles. The van der Waals surface area contributed by atoms with Gasteiger partial charge in [-0.05, 0) is 62.4 Å². The number of nitrogens with one attached hydrogen (secondary N) is 1. The summed E-state index contributed by atoms with van der Waals surface area (Å²) in [4.78, 5) is 12.1. The summed E-state index contributed by atoms with van der Waals surface area (Å²) in [6.45, 7) is 5.43. The molecule has 0 aliphatic heterocycles. The first kappa shape index (κ1) is 19.3. The first-order chi connectivity index (χ1) is 12.5. The number of benzene rings is 2. The van der Waals surface area contributed by atoms with Crippen molar-refractivity contribution in [2.75, 3.05) is 0 Å². The minimum absolute atomic E-state index is 0.416. The molecule has 0 heterocycles. The quantitative estimate of drug-likeness (QED) is 0.725. The predicted octanol–water partition coefficient (Wildman–Crippen LogP) is 5.89. The summed E-state index contributed by atoms with van der Waals surface area (Å²) in [5, 5.41) is 2.94. The lowest BCUT2D eigenvalue weighted by atomic mass is 9.99. The fourth-order valence-corrected chi connectivity index (χ4v) is 2.94. The molecule has 0 spiro atoms. The molecule has 3 nitrogen and oxygen atoms in total. The molecular weight excluding hydrogens is 355 g/mol. The zero-order chi connectivity index (χ0) is 19.9. The summed E-state index contributed by atoms with van der Waals surface area (Å²) in [7, 11) is 0. The van der Waals surface area contributed by atoms with Crippen molar-refractivity contribution < 1.29 is 22.7 Å². The van der Waals surface area contributed by atoms with Crippen molar-refractivity contribution in [3.8, 4) is 11.1 Å². The molecule has 2 aromatic rings. The lowest BCUT2D eigenvalue weighted by Crippen LogP contribution is -2.39. The molecule has 144 valence electrons. The van der Waals surface area contributed by atoms with Gasteiger partial charge in [0, 0.05) is 0 Å². The lowest BCUT2D eigenvalue weighted by Gasteiger charge is -2.23. The largest absolute Gasteiger partial charge is 0.444 e. The summed E-state index contributed by atoms with van der Waals surface area (Å²) in [5.74, 6) is 0. The average Bonchev–Trinajstić information content (AvgIpc) is 3.33. The van der Waals surface area contributed by atoms with Gasteiger partial charge in [0.15, 0.2) is 0 Å². The third-order valence-corrected chi connectivity index (χ3v) is 4.47. The molecule has 1 N–H and O–H groups in total. The van der Waals surface area contributed by atoms with E-state index in [0.29, 0.717) is 5.56 Å². The van der Waals surface area contributed by atoms with E-state index < -0.39 is 29.0 Å². The molecule has 1 amide bonds. The summed E-state index contributed by atoms with van der Waals surface area (Å²) in [6, 6.07) is 12.6. The molecule has 0 atom stereocenters. The van der Waals surface area contributed by atoms with Crippen molar-refractivity contribution in [3.05, 3.63) is 59.7 Å². The van der Waals surface area contributed by atoms with E-state index in [2.05, 4.69) is 5.32 Å².